The van der Waals surface area contributed by atoms with Crippen molar-refractivity contribution in [2.24, 2.45) is 0 Å². The lowest BCUT2D eigenvalue weighted by Crippen LogP contribution is -2.40. The standard InChI is InChI=1S/C6H4BrF5N2/c7-4-13-1-2-14(4)3-5(8,9)6(10,11)12/h1-2H,3H2. The van der Waals surface area contributed by atoms with E-state index in [2.05, 4.69) is 20.9 Å². The second-order valence-corrected chi connectivity index (χ2v) is 3.24. The molecule has 0 aliphatic heterocycles. The lowest BCUT2D eigenvalue weighted by Gasteiger charge is -2.19. The summed E-state index contributed by atoms with van der Waals surface area (Å²) >= 11 is 2.74. The number of aromatic nitrogens is 2. The summed E-state index contributed by atoms with van der Waals surface area (Å²) in [6, 6.07) is 0. The highest BCUT2D eigenvalue weighted by molar-refractivity contribution is 9.10. The highest BCUT2D eigenvalue weighted by atomic mass is 79.9. The molecule has 1 aromatic rings. The Morgan fingerprint density at radius 2 is 1.86 bits per heavy atom. The monoisotopic (exact) mass is 278 g/mol. The van der Waals surface area contributed by atoms with Crippen LogP contribution in [0.5, 0.6) is 0 Å². The minimum Gasteiger partial charge on any atom is -0.319 e. The summed E-state index contributed by atoms with van der Waals surface area (Å²) in [5.74, 6) is -4.75. The second kappa shape index (κ2) is 3.48. The molecule has 0 saturated heterocycles. The first-order chi connectivity index (χ1) is 6.24. The van der Waals surface area contributed by atoms with Gasteiger partial charge in [0.25, 0.3) is 0 Å². The maximum atomic E-state index is 12.5. The zero-order valence-electron chi connectivity index (χ0n) is 6.52. The second-order valence-electron chi connectivity index (χ2n) is 2.53. The van der Waals surface area contributed by atoms with Crippen LogP contribution in [0.1, 0.15) is 0 Å². The maximum absolute atomic E-state index is 12.5. The van der Waals surface area contributed by atoms with Crippen LogP contribution in [0.3, 0.4) is 0 Å². The molecule has 0 aliphatic carbocycles. The van der Waals surface area contributed by atoms with Gasteiger partial charge in [0, 0.05) is 12.4 Å². The fourth-order valence-corrected chi connectivity index (χ4v) is 1.09. The third kappa shape index (κ3) is 2.23. The minimum atomic E-state index is -5.54. The molecule has 0 bridgehead atoms. The van der Waals surface area contributed by atoms with E-state index in [9.17, 15) is 22.0 Å². The van der Waals surface area contributed by atoms with Crippen molar-refractivity contribution in [1.29, 1.82) is 0 Å². The number of hydrogen-bond acceptors (Lipinski definition) is 1. The predicted molar refractivity (Wildman–Crippen MR) is 40.9 cm³/mol. The van der Waals surface area contributed by atoms with Crippen LogP contribution in [-0.2, 0) is 6.54 Å². The van der Waals surface area contributed by atoms with E-state index in [1.54, 1.807) is 0 Å². The minimum absolute atomic E-state index is 0.0681. The summed E-state index contributed by atoms with van der Waals surface area (Å²) in [4.78, 5) is 3.46. The fraction of sp³-hybridized carbons (Fsp3) is 0.500. The van der Waals surface area contributed by atoms with Crippen LogP contribution in [-0.4, -0.2) is 21.6 Å². The van der Waals surface area contributed by atoms with Gasteiger partial charge in [0.2, 0.25) is 0 Å². The molecule has 14 heavy (non-hydrogen) atoms. The third-order valence-electron chi connectivity index (χ3n) is 1.45. The number of alkyl halides is 5. The zero-order valence-corrected chi connectivity index (χ0v) is 8.11. The summed E-state index contributed by atoms with van der Waals surface area (Å²) in [7, 11) is 0. The lowest BCUT2D eigenvalue weighted by atomic mass is 10.3. The molecule has 0 N–H and O–H groups in total. The lowest BCUT2D eigenvalue weighted by molar-refractivity contribution is -0.287. The average molecular weight is 279 g/mol. The van der Waals surface area contributed by atoms with E-state index in [-0.39, 0.29) is 4.73 Å². The van der Waals surface area contributed by atoms with E-state index in [1.807, 2.05) is 0 Å². The number of nitrogens with zero attached hydrogens (tertiary/aromatic N) is 2. The molecular formula is C6H4BrF5N2. The summed E-state index contributed by atoms with van der Waals surface area (Å²) in [6.45, 7) is -1.48. The van der Waals surface area contributed by atoms with Gasteiger partial charge in [-0.1, -0.05) is 0 Å². The van der Waals surface area contributed by atoms with Gasteiger partial charge >= 0.3 is 12.1 Å². The van der Waals surface area contributed by atoms with Crippen LogP contribution >= 0.6 is 15.9 Å². The van der Waals surface area contributed by atoms with Crippen LogP contribution in [0.4, 0.5) is 22.0 Å². The zero-order chi connectivity index (χ0) is 11.0. The van der Waals surface area contributed by atoms with Crippen molar-refractivity contribution in [2.75, 3.05) is 0 Å². The first-order valence-corrected chi connectivity index (χ1v) is 4.14. The molecule has 0 amide bonds. The Bertz CT molecular complexity index is 318. The van der Waals surface area contributed by atoms with Gasteiger partial charge in [-0.15, -0.1) is 0 Å². The molecule has 8 heteroatoms. The molecule has 0 aliphatic rings. The van der Waals surface area contributed by atoms with Crippen molar-refractivity contribution in [2.45, 2.75) is 18.6 Å². The van der Waals surface area contributed by atoms with Gasteiger partial charge in [-0.25, -0.2) is 4.98 Å². The summed E-state index contributed by atoms with van der Waals surface area (Å²) in [5.41, 5.74) is 0. The highest BCUT2D eigenvalue weighted by Gasteiger charge is 2.57. The highest BCUT2D eigenvalue weighted by Crippen LogP contribution is 2.37. The van der Waals surface area contributed by atoms with Crippen molar-refractivity contribution in [3.05, 3.63) is 17.1 Å². The van der Waals surface area contributed by atoms with E-state index in [4.69, 9.17) is 0 Å². The molecule has 0 fully saturated rings. The summed E-state index contributed by atoms with van der Waals surface area (Å²) < 4.78 is 60.8. The first kappa shape index (κ1) is 11.4. The maximum Gasteiger partial charge on any atom is 0.455 e. The van der Waals surface area contributed by atoms with Crippen molar-refractivity contribution < 1.29 is 22.0 Å². The Kier molecular flexibility index (Phi) is 2.84. The first-order valence-electron chi connectivity index (χ1n) is 3.35. The smallest absolute Gasteiger partial charge is 0.319 e. The van der Waals surface area contributed by atoms with E-state index >= 15 is 0 Å². The normalized spacial score (nSPS) is 13.3. The van der Waals surface area contributed by atoms with E-state index in [0.29, 0.717) is 4.57 Å². The molecule has 80 valence electrons. The van der Waals surface area contributed by atoms with Crippen molar-refractivity contribution >= 4 is 15.9 Å². The third-order valence-corrected chi connectivity index (χ3v) is 2.11. The van der Waals surface area contributed by atoms with Crippen molar-refractivity contribution in [1.82, 2.24) is 9.55 Å². The Labute approximate surface area is 83.9 Å². The SMILES string of the molecule is FC(F)(F)C(F)(F)Cn1ccnc1Br. The summed E-state index contributed by atoms with van der Waals surface area (Å²) in [5, 5.41) is 0. The molecular weight excluding hydrogens is 275 g/mol. The van der Waals surface area contributed by atoms with Gasteiger partial charge in [-0.3, -0.25) is 0 Å². The number of imidazole rings is 1. The molecule has 1 heterocycles. The Hall–Kier alpha value is -0.660. The van der Waals surface area contributed by atoms with E-state index in [0.717, 1.165) is 12.4 Å². The number of halogens is 6. The molecule has 0 spiro atoms. The van der Waals surface area contributed by atoms with Crippen LogP contribution in [0.2, 0.25) is 0 Å². The molecule has 0 saturated carbocycles. The number of rotatable bonds is 2. The Morgan fingerprint density at radius 3 is 2.21 bits per heavy atom. The molecule has 0 aromatic carbocycles. The quantitative estimate of drug-likeness (QED) is 0.761. The number of hydrogen-bond donors (Lipinski definition) is 0. The van der Waals surface area contributed by atoms with Crippen LogP contribution in [0.25, 0.3) is 0 Å². The summed E-state index contributed by atoms with van der Waals surface area (Å²) in [6.07, 6.45) is -3.39. The largest absolute Gasteiger partial charge is 0.455 e. The molecule has 0 atom stereocenters. The van der Waals surface area contributed by atoms with E-state index in [1.165, 1.54) is 0 Å². The van der Waals surface area contributed by atoms with Crippen LogP contribution in [0.15, 0.2) is 17.1 Å². The fourth-order valence-electron chi connectivity index (χ4n) is 0.732. The van der Waals surface area contributed by atoms with Gasteiger partial charge in [0.15, 0.2) is 4.73 Å². The van der Waals surface area contributed by atoms with E-state index < -0.39 is 18.6 Å². The Morgan fingerprint density at radius 1 is 1.29 bits per heavy atom. The van der Waals surface area contributed by atoms with Crippen molar-refractivity contribution in [3.63, 3.8) is 0 Å². The molecule has 1 aromatic heterocycles. The van der Waals surface area contributed by atoms with Gasteiger partial charge < -0.3 is 4.57 Å². The van der Waals surface area contributed by atoms with Crippen molar-refractivity contribution in [3.8, 4) is 0 Å². The molecule has 0 unspecified atom stereocenters. The predicted octanol–water partition coefficient (Wildman–Crippen LogP) is 2.84. The topological polar surface area (TPSA) is 17.8 Å². The van der Waals surface area contributed by atoms with Gasteiger partial charge in [-0.05, 0) is 15.9 Å². The van der Waals surface area contributed by atoms with Gasteiger partial charge in [0.05, 0.1) is 6.54 Å². The molecule has 2 nitrogen and oxygen atoms in total. The van der Waals surface area contributed by atoms with Crippen LogP contribution in [0, 0.1) is 0 Å². The van der Waals surface area contributed by atoms with Crippen LogP contribution < -0.4 is 0 Å². The van der Waals surface area contributed by atoms with Gasteiger partial charge in [-0.2, -0.15) is 22.0 Å². The molecule has 1 rings (SSSR count). The van der Waals surface area contributed by atoms with Gasteiger partial charge in [0.1, 0.15) is 0 Å². The molecule has 0 radical (unpaired) electrons. The Balaban J connectivity index is 2.84. The average Bonchev–Trinajstić information content (AvgIpc) is 2.33.